The summed E-state index contributed by atoms with van der Waals surface area (Å²) in [5.41, 5.74) is 4.54. The van der Waals surface area contributed by atoms with Crippen molar-refractivity contribution in [1.82, 2.24) is 5.32 Å². The van der Waals surface area contributed by atoms with Crippen LogP contribution in [0.25, 0.3) is 0 Å². The Balaban J connectivity index is 0.00000120. The zero-order valence-corrected chi connectivity index (χ0v) is 39.0. The fraction of sp³-hybridized carbons (Fsp3) is 0.612. The van der Waals surface area contributed by atoms with Gasteiger partial charge in [0, 0.05) is 31.1 Å². The highest BCUT2D eigenvalue weighted by Crippen LogP contribution is 2.65. The molecule has 1 aliphatic heterocycles. The van der Waals surface area contributed by atoms with E-state index in [-0.39, 0.29) is 25.0 Å². The standard InChI is InChI=1S/C45H57NO12.C4H12N2/c1-24-30(55-38(50)26(3)34(28-17-13-11-14-18-28)46-40(52)58-41(5,6)7)22-45(53)37(56-39(51)29-19-15-12-16-20-29)35-43(10,36(49)25(2)33(24)42(45,8)9)31(48)21-32-44(35,23-54-32)57-27(4)47;5-3-1-2-4-6/h11-20,25-26,30-32,34-35,37,48,53H,21-23H2,1-10H3,(H,46,52);1-6H2/t25-,26-,30+,31+,32-,34-,35?,37+,43-,44+,45-;/m1./s1. The Kier molecular flexibility index (Phi) is 15.3. The maximum absolute atomic E-state index is 15.2. The molecule has 0 radical (unpaired) electrons. The number of carbonyl (C=O) groups is 5. The van der Waals surface area contributed by atoms with E-state index in [0.29, 0.717) is 16.7 Å². The lowest BCUT2D eigenvalue weighted by Crippen LogP contribution is -2.81. The number of fused-ring (bicyclic) bond motifs is 5. The van der Waals surface area contributed by atoms with Gasteiger partial charge in [-0.1, -0.05) is 69.3 Å². The van der Waals surface area contributed by atoms with Gasteiger partial charge < -0.3 is 50.7 Å². The van der Waals surface area contributed by atoms with Crippen LogP contribution >= 0.6 is 0 Å². The summed E-state index contributed by atoms with van der Waals surface area (Å²) < 4.78 is 30.3. The average molecular weight is 892 g/mol. The molecule has 0 spiro atoms. The van der Waals surface area contributed by atoms with E-state index in [1.807, 2.05) is 6.07 Å². The Morgan fingerprint density at radius 2 is 1.53 bits per heavy atom. The fourth-order valence-corrected chi connectivity index (χ4v) is 10.5. The zero-order chi connectivity index (χ0) is 47.6. The van der Waals surface area contributed by atoms with Crippen molar-refractivity contribution in [3.63, 3.8) is 0 Å². The lowest BCUT2D eigenvalue weighted by Gasteiger charge is -2.67. The number of hydrogen-bond acceptors (Lipinski definition) is 14. The first-order valence-corrected chi connectivity index (χ1v) is 22.3. The predicted molar refractivity (Wildman–Crippen MR) is 237 cm³/mol. The Morgan fingerprint density at radius 3 is 2.05 bits per heavy atom. The first kappa shape index (κ1) is 50.3. The molecule has 2 aromatic carbocycles. The second-order valence-corrected chi connectivity index (χ2v) is 19.5. The molecule has 15 nitrogen and oxygen atoms in total. The molecule has 7 N–H and O–H groups in total. The summed E-state index contributed by atoms with van der Waals surface area (Å²) in [6, 6.07) is 16.2. The van der Waals surface area contributed by atoms with Crippen molar-refractivity contribution in [2.45, 2.75) is 142 Å². The van der Waals surface area contributed by atoms with E-state index in [1.54, 1.807) is 117 Å². The molecule has 352 valence electrons. The van der Waals surface area contributed by atoms with Gasteiger partial charge >= 0.3 is 24.0 Å². The van der Waals surface area contributed by atoms with Gasteiger partial charge in [-0.15, -0.1) is 0 Å². The number of nitrogens with two attached hydrogens (primary N) is 2. The summed E-state index contributed by atoms with van der Waals surface area (Å²) in [7, 11) is 0. The predicted octanol–water partition coefficient (Wildman–Crippen LogP) is 5.49. The number of ketones is 1. The quantitative estimate of drug-likeness (QED) is 0.0812. The maximum atomic E-state index is 15.2. The summed E-state index contributed by atoms with van der Waals surface area (Å²) in [5.74, 6) is -5.88. The first-order valence-electron chi connectivity index (χ1n) is 22.3. The smallest absolute Gasteiger partial charge is 0.408 e. The van der Waals surface area contributed by atoms with Crippen molar-refractivity contribution in [1.29, 1.82) is 0 Å². The number of unbranched alkanes of at least 4 members (excludes halogenated alkanes) is 1. The van der Waals surface area contributed by atoms with Gasteiger partial charge in [0.25, 0.3) is 0 Å². The number of benzene rings is 2. The highest BCUT2D eigenvalue weighted by Gasteiger charge is 2.77. The molecule has 3 aliphatic carbocycles. The van der Waals surface area contributed by atoms with Crippen LogP contribution in [-0.2, 0) is 38.1 Å². The molecule has 64 heavy (non-hydrogen) atoms. The molecule has 11 atom stereocenters. The minimum atomic E-state index is -2.11. The third kappa shape index (κ3) is 9.51. The summed E-state index contributed by atoms with van der Waals surface area (Å²) in [6.07, 6.45) is -3.94. The summed E-state index contributed by atoms with van der Waals surface area (Å²) in [6.45, 7) is 17.9. The van der Waals surface area contributed by atoms with Gasteiger partial charge in [0.1, 0.15) is 35.3 Å². The number of rotatable bonds is 11. The van der Waals surface area contributed by atoms with E-state index in [1.165, 1.54) is 6.92 Å². The highest BCUT2D eigenvalue weighted by molar-refractivity contribution is 5.92. The van der Waals surface area contributed by atoms with Crippen LogP contribution in [0.5, 0.6) is 0 Å². The van der Waals surface area contributed by atoms with Crippen molar-refractivity contribution >= 4 is 29.8 Å². The van der Waals surface area contributed by atoms with Gasteiger partial charge in [0.15, 0.2) is 5.60 Å². The minimum absolute atomic E-state index is 0.0457. The summed E-state index contributed by atoms with van der Waals surface area (Å²) in [5, 5.41) is 28.4. The Labute approximate surface area is 376 Å². The number of carbonyl (C=O) groups excluding carboxylic acids is 5. The molecule has 1 unspecified atom stereocenters. The Morgan fingerprint density at radius 1 is 0.953 bits per heavy atom. The minimum Gasteiger partial charge on any atom is -0.457 e. The topological polar surface area (TPSA) is 236 Å². The van der Waals surface area contributed by atoms with Crippen LogP contribution in [0.2, 0.25) is 0 Å². The normalized spacial score (nSPS) is 31.4. The molecule has 2 aromatic rings. The molecule has 1 heterocycles. The molecule has 1 saturated heterocycles. The van der Waals surface area contributed by atoms with E-state index < -0.39 is 106 Å². The van der Waals surface area contributed by atoms with Gasteiger partial charge in [-0.25, -0.2) is 9.59 Å². The number of esters is 3. The lowest BCUT2D eigenvalue weighted by atomic mass is 9.43. The molecule has 1 amide bonds. The van der Waals surface area contributed by atoms with Crippen LogP contribution in [0.3, 0.4) is 0 Å². The highest BCUT2D eigenvalue weighted by atomic mass is 16.6. The first-order chi connectivity index (χ1) is 29.9. The van der Waals surface area contributed by atoms with Crippen LogP contribution in [0.1, 0.15) is 117 Å². The number of ether oxygens (including phenoxy) is 5. The number of alkyl carbamates (subject to hydrolysis) is 1. The van der Waals surface area contributed by atoms with Gasteiger partial charge in [-0.05, 0) is 96.3 Å². The molecular weight excluding hydrogens is 823 g/mol. The molecule has 0 aromatic heterocycles. The van der Waals surface area contributed by atoms with Gasteiger partial charge in [-0.2, -0.15) is 0 Å². The van der Waals surface area contributed by atoms with Crippen molar-refractivity contribution in [3.05, 3.63) is 82.9 Å². The SMILES string of the molecule is CC(=O)O[C@@]12CO[C@@H]1C[C@H](O)[C@@]1(C)C(=O)[C@H](C)C3=C(C)[C@@H](OC(=O)[C@H](C)[C@@H](NC(=O)OC(C)(C)C)c4ccccc4)C[C@@](O)([C@@H](OC(=O)c4ccccc4)C12)C3(C)C.NCCCCN. The largest absolute Gasteiger partial charge is 0.457 e. The number of aliphatic hydroxyl groups is 2. The molecule has 2 saturated carbocycles. The molecule has 6 rings (SSSR count). The Hall–Kier alpha value is -4.67. The van der Waals surface area contributed by atoms with E-state index in [9.17, 15) is 29.4 Å². The molecule has 15 heteroatoms. The third-order valence-electron chi connectivity index (χ3n) is 13.8. The van der Waals surface area contributed by atoms with Crippen LogP contribution < -0.4 is 16.8 Å². The van der Waals surface area contributed by atoms with Gasteiger partial charge in [0.2, 0.25) is 0 Å². The number of amides is 1. The number of Topliss-reactive ketones (excluding diaryl/α,β-unsaturated/α-hetero) is 1. The second-order valence-electron chi connectivity index (χ2n) is 19.5. The monoisotopic (exact) mass is 891 g/mol. The van der Waals surface area contributed by atoms with Crippen molar-refractivity contribution < 1.29 is 57.9 Å². The molecule has 4 aliphatic rings. The number of aliphatic hydroxyl groups excluding tert-OH is 1. The summed E-state index contributed by atoms with van der Waals surface area (Å²) in [4.78, 5) is 69.8. The van der Waals surface area contributed by atoms with Crippen molar-refractivity contribution in [2.75, 3.05) is 19.7 Å². The van der Waals surface area contributed by atoms with E-state index in [4.69, 9.17) is 35.2 Å². The van der Waals surface area contributed by atoms with Crippen LogP contribution in [0.4, 0.5) is 4.79 Å². The lowest BCUT2D eigenvalue weighted by molar-refractivity contribution is -0.345. The van der Waals surface area contributed by atoms with Gasteiger partial charge in [0.05, 0.1) is 41.6 Å². The van der Waals surface area contributed by atoms with E-state index in [0.717, 1.165) is 25.9 Å². The fourth-order valence-electron chi connectivity index (χ4n) is 10.5. The number of nitrogens with one attached hydrogen (secondary N) is 1. The molecule has 2 bridgehead atoms. The van der Waals surface area contributed by atoms with Crippen molar-refractivity contribution in [3.8, 4) is 0 Å². The summed E-state index contributed by atoms with van der Waals surface area (Å²) >= 11 is 0. The van der Waals surface area contributed by atoms with Gasteiger partial charge in [-0.3, -0.25) is 14.4 Å². The third-order valence-corrected chi connectivity index (χ3v) is 13.8. The van der Waals surface area contributed by atoms with E-state index in [2.05, 4.69) is 5.32 Å². The average Bonchev–Trinajstić information content (AvgIpc) is 3.23. The van der Waals surface area contributed by atoms with Crippen LogP contribution in [0, 0.1) is 28.6 Å². The zero-order valence-electron chi connectivity index (χ0n) is 39.0. The number of hydrogen-bond donors (Lipinski definition) is 5. The maximum Gasteiger partial charge on any atom is 0.408 e. The van der Waals surface area contributed by atoms with Crippen LogP contribution in [-0.4, -0.2) is 101 Å². The van der Waals surface area contributed by atoms with Crippen molar-refractivity contribution in [2.24, 2.45) is 40.1 Å². The second kappa shape index (κ2) is 19.4. The van der Waals surface area contributed by atoms with E-state index >= 15 is 4.79 Å². The molecular formula is C49H69N3O12. The van der Waals surface area contributed by atoms with Crippen LogP contribution in [0.15, 0.2) is 71.8 Å². The Bertz CT molecular complexity index is 2050. The molecule has 3 fully saturated rings.